The predicted octanol–water partition coefficient (Wildman–Crippen LogP) is 7.74. The molecule has 0 bridgehead atoms. The van der Waals surface area contributed by atoms with E-state index < -0.39 is 0 Å². The van der Waals surface area contributed by atoms with Gasteiger partial charge in [-0.1, -0.05) is 208 Å². The van der Waals surface area contributed by atoms with Gasteiger partial charge < -0.3 is 76.0 Å². The SMILES string of the molecule is CCN(CC)CC(=O)Nc1c(C)cccc1C.CC[N+](CC)(CC(=O)Nc1c(C)cccc1C)Cc1ccccc1.CC[N+](CC)(CC(=O)Nc1c(C)cccc1C)Cc1ccccc1.CC[N+](CC)(CC(=O)Nc1c(C)cccc1C)Cc1ccccc1.ClCc1ccccc1.O.[Cl-].[Cl-].[Na+].[OH-].[OH-]. The summed E-state index contributed by atoms with van der Waals surface area (Å²) in [5, 5.41) is 12.4. The van der Waals surface area contributed by atoms with Gasteiger partial charge in [-0.2, -0.15) is 0 Å². The van der Waals surface area contributed by atoms with Crippen LogP contribution in [0.1, 0.15) is 122 Å². The van der Waals surface area contributed by atoms with Gasteiger partial charge in [-0.15, -0.1) is 11.6 Å². The first-order chi connectivity index (χ1) is 46.5. The maximum Gasteiger partial charge on any atom is 1.00 e. The van der Waals surface area contributed by atoms with Crippen LogP contribution < -0.4 is 75.6 Å². The number of quaternary nitrogens is 3. The number of anilines is 4. The van der Waals surface area contributed by atoms with E-state index in [-0.39, 0.29) is 94.4 Å². The molecule has 560 valence electrons. The Kier molecular flexibility index (Phi) is 51.7. The molecule has 15 nitrogen and oxygen atoms in total. The first-order valence-electron chi connectivity index (χ1n) is 34.9. The van der Waals surface area contributed by atoms with E-state index in [0.29, 0.717) is 32.1 Å². The van der Waals surface area contributed by atoms with Crippen LogP contribution in [-0.4, -0.2) is 137 Å². The average Bonchev–Trinajstić information content (AvgIpc) is 0.849. The van der Waals surface area contributed by atoms with Crippen molar-refractivity contribution in [2.24, 2.45) is 0 Å². The van der Waals surface area contributed by atoms with Crippen molar-refractivity contribution >= 4 is 58.0 Å². The zero-order chi connectivity index (χ0) is 71.4. The van der Waals surface area contributed by atoms with E-state index in [4.69, 9.17) is 11.6 Å². The maximum atomic E-state index is 12.7. The van der Waals surface area contributed by atoms with Crippen LogP contribution in [0, 0.1) is 55.4 Å². The second kappa shape index (κ2) is 53.1. The van der Waals surface area contributed by atoms with E-state index in [9.17, 15) is 19.2 Å². The van der Waals surface area contributed by atoms with E-state index in [1.54, 1.807) is 0 Å². The molecule has 0 fully saturated rings. The van der Waals surface area contributed by atoms with Gasteiger partial charge >= 0.3 is 29.6 Å². The van der Waals surface area contributed by atoms with Crippen molar-refractivity contribution in [1.82, 2.24) is 4.90 Å². The molecule has 4 amide bonds. The average molecular weight is 1480 g/mol. The fraction of sp³-hybridized carbons (Fsp3) is 0.381. The van der Waals surface area contributed by atoms with Crippen LogP contribution in [0.3, 0.4) is 0 Å². The van der Waals surface area contributed by atoms with Crippen molar-refractivity contribution < 1.29 is 103 Å². The Balaban J connectivity index is -0.00000123. The smallest absolute Gasteiger partial charge is 1.00 e. The monoisotopic (exact) mass is 1480 g/mol. The normalized spacial score (nSPS) is 10.4. The number of hydrogen-bond acceptors (Lipinski definition) is 7. The molecule has 8 aromatic carbocycles. The molecule has 8 N–H and O–H groups in total. The summed E-state index contributed by atoms with van der Waals surface area (Å²) in [5.74, 6) is 0.943. The third-order valence-electron chi connectivity index (χ3n) is 18.8. The summed E-state index contributed by atoms with van der Waals surface area (Å²) < 4.78 is 2.29. The zero-order valence-corrected chi connectivity index (χ0v) is 69.0. The van der Waals surface area contributed by atoms with E-state index in [0.717, 1.165) is 153 Å². The molecule has 103 heavy (non-hydrogen) atoms. The van der Waals surface area contributed by atoms with Gasteiger partial charge in [0.25, 0.3) is 17.7 Å². The molecular formula is C84H120Cl3N8NaO7. The molecular weight excluding hydrogens is 1360 g/mol. The predicted molar refractivity (Wildman–Crippen MR) is 419 cm³/mol. The second-order valence-electron chi connectivity index (χ2n) is 25.7. The van der Waals surface area contributed by atoms with Gasteiger partial charge in [-0.05, 0) is 160 Å². The van der Waals surface area contributed by atoms with E-state index in [2.05, 4.69) is 154 Å². The van der Waals surface area contributed by atoms with Crippen LogP contribution in [0.5, 0.6) is 0 Å². The number of carbonyl (C=O) groups excluding carboxylic acids is 4. The van der Waals surface area contributed by atoms with Crippen LogP contribution in [0.25, 0.3) is 0 Å². The van der Waals surface area contributed by atoms with Gasteiger partial charge in [-0.3, -0.25) is 24.1 Å². The molecule has 0 saturated heterocycles. The number of para-hydroxylation sites is 4. The first-order valence-corrected chi connectivity index (χ1v) is 35.5. The molecule has 0 radical (unpaired) electrons. The van der Waals surface area contributed by atoms with Crippen LogP contribution in [0.15, 0.2) is 194 Å². The molecule has 19 heteroatoms. The first kappa shape index (κ1) is 100. The van der Waals surface area contributed by atoms with Gasteiger partial charge in [0, 0.05) is 45.3 Å². The molecule has 0 aliphatic carbocycles. The topological polar surface area (TPSA) is 211 Å². The number of rotatable bonds is 27. The molecule has 0 spiro atoms. The Morgan fingerprint density at radius 3 is 0.689 bits per heavy atom. The van der Waals surface area contributed by atoms with Crippen LogP contribution in [-0.2, 0) is 44.7 Å². The number of aryl methyl sites for hydroxylation is 8. The number of carbonyl (C=O) groups is 4. The summed E-state index contributed by atoms with van der Waals surface area (Å²) in [5.41, 5.74) is 17.7. The van der Waals surface area contributed by atoms with Crippen molar-refractivity contribution in [3.63, 3.8) is 0 Å². The van der Waals surface area contributed by atoms with Crippen molar-refractivity contribution in [3.8, 4) is 0 Å². The van der Waals surface area contributed by atoms with Crippen LogP contribution in [0.2, 0.25) is 0 Å². The fourth-order valence-electron chi connectivity index (χ4n) is 12.0. The minimum Gasteiger partial charge on any atom is -1.00 e. The third-order valence-corrected chi connectivity index (χ3v) is 19.1. The van der Waals surface area contributed by atoms with Crippen molar-refractivity contribution in [2.75, 3.05) is 99.8 Å². The minimum absolute atomic E-state index is 0. The van der Waals surface area contributed by atoms with Crippen molar-refractivity contribution in [1.29, 1.82) is 0 Å². The summed E-state index contributed by atoms with van der Waals surface area (Å²) in [6.07, 6.45) is 0. The van der Waals surface area contributed by atoms with Gasteiger partial charge in [-0.25, -0.2) is 0 Å². The summed E-state index contributed by atoms with van der Waals surface area (Å²) in [6.45, 7) is 45.4. The van der Waals surface area contributed by atoms with Crippen LogP contribution in [0.4, 0.5) is 22.7 Å². The molecule has 0 atom stereocenters. The number of nitrogens with one attached hydrogen (secondary N) is 4. The Labute approximate surface area is 658 Å². The molecule has 0 unspecified atom stereocenters. The van der Waals surface area contributed by atoms with Gasteiger partial charge in [0.1, 0.15) is 19.6 Å². The summed E-state index contributed by atoms with van der Waals surface area (Å²) in [4.78, 5) is 52.1. The number of hydrogen-bond donors (Lipinski definition) is 4. The van der Waals surface area contributed by atoms with Gasteiger partial charge in [0.15, 0.2) is 19.6 Å². The third kappa shape index (κ3) is 34.4. The van der Waals surface area contributed by atoms with Gasteiger partial charge in [0.05, 0.1) is 45.8 Å². The fourth-order valence-corrected chi connectivity index (χ4v) is 12.2. The number of halogens is 3. The number of benzene rings is 8. The summed E-state index contributed by atoms with van der Waals surface area (Å²) in [7, 11) is 0. The number of likely N-dealkylation sites (N-methyl/N-ethyl adjacent to an activating group) is 4. The Morgan fingerprint density at radius 1 is 0.320 bits per heavy atom. The molecule has 0 aliphatic heterocycles. The standard InChI is InChI=1S/3C21H28N2O.C14H22N2O.C7H7Cl.2ClH.Na.3H2O/c3*1-5-23(6-2,15-19-13-8-7-9-14-19)16-20(24)22-21-17(3)11-10-12-18(21)4;1-5-16(6-2)10-13(17)15-14-11(3)8-7-9-12(14)4;8-6-7-4-2-1-3-5-7;;;;;;/h3*7-14H,5-6,15-16H2,1-4H3;7-9H,5-6,10H2,1-4H3,(H,15,17);1-5H,6H2;2*1H;;3*1H2/q;;;;;;;+1;;;/p-1. The van der Waals surface area contributed by atoms with Crippen molar-refractivity contribution in [2.45, 2.75) is 136 Å². The minimum atomic E-state index is 0. The van der Waals surface area contributed by atoms with Crippen LogP contribution >= 0.6 is 11.6 Å². The largest absolute Gasteiger partial charge is 1.00 e. The van der Waals surface area contributed by atoms with E-state index in [1.807, 2.05) is 177 Å². The molecule has 0 heterocycles. The number of alkyl halides is 1. The maximum absolute atomic E-state index is 12.7. The quantitative estimate of drug-likeness (QED) is 0.0228. The van der Waals surface area contributed by atoms with E-state index >= 15 is 0 Å². The molecule has 0 aliphatic rings. The number of amides is 4. The molecule has 8 rings (SSSR count). The Hall–Kier alpha value is -6.77. The Morgan fingerprint density at radius 2 is 0.515 bits per heavy atom. The Bertz CT molecular complexity index is 3290. The summed E-state index contributed by atoms with van der Waals surface area (Å²) in [6, 6.07) is 65.6. The number of nitrogens with zero attached hydrogens (tertiary/aromatic N) is 4. The molecule has 0 saturated carbocycles. The van der Waals surface area contributed by atoms with Crippen molar-refractivity contribution in [3.05, 3.63) is 261 Å². The second-order valence-corrected chi connectivity index (χ2v) is 25.9. The van der Waals surface area contributed by atoms with Gasteiger partial charge in [0.2, 0.25) is 5.91 Å². The van der Waals surface area contributed by atoms with E-state index in [1.165, 1.54) is 22.3 Å². The summed E-state index contributed by atoms with van der Waals surface area (Å²) >= 11 is 5.53. The molecule has 0 aromatic heterocycles. The zero-order valence-electron chi connectivity index (χ0n) is 64.7. The molecule has 8 aromatic rings.